The number of rotatable bonds is 5. The summed E-state index contributed by atoms with van der Waals surface area (Å²) in [6, 6.07) is 4.30. The normalized spacial score (nSPS) is 26.6. The van der Waals surface area contributed by atoms with Crippen molar-refractivity contribution in [2.24, 2.45) is 17.1 Å². The number of carbonyl (C=O) groups excluding carboxylic acids is 1. The van der Waals surface area contributed by atoms with Crippen LogP contribution in [0.3, 0.4) is 0 Å². The average Bonchev–Trinajstić information content (AvgIpc) is 2.85. The highest BCUT2D eigenvalue weighted by Crippen LogP contribution is 2.47. The zero-order chi connectivity index (χ0) is 14.9. The lowest BCUT2D eigenvalue weighted by atomic mass is 9.61. The second-order valence-electron chi connectivity index (χ2n) is 6.01. The minimum absolute atomic E-state index is 0.0900. The van der Waals surface area contributed by atoms with Crippen LogP contribution in [0.2, 0.25) is 0 Å². The number of likely N-dealkylation sites (N-methyl/N-ethyl adjacent to an activating group) is 1. The van der Waals surface area contributed by atoms with Crippen LogP contribution in [0.15, 0.2) is 17.5 Å². The van der Waals surface area contributed by atoms with Crippen molar-refractivity contribution in [1.82, 2.24) is 4.90 Å². The minimum atomic E-state index is -0.590. The van der Waals surface area contributed by atoms with Crippen molar-refractivity contribution in [3.8, 4) is 0 Å². The fourth-order valence-corrected chi connectivity index (χ4v) is 4.09. The highest BCUT2D eigenvalue weighted by Gasteiger charge is 2.52. The Bertz CT molecular complexity index is 492. The molecule has 0 bridgehead atoms. The number of carbonyl (C=O) groups is 1. The Labute approximate surface area is 130 Å². The highest BCUT2D eigenvalue weighted by molar-refractivity contribution is 7.80. The lowest BCUT2D eigenvalue weighted by Gasteiger charge is -2.47. The Balaban J connectivity index is 2.06. The third kappa shape index (κ3) is 2.74. The largest absolute Gasteiger partial charge is 0.392 e. The van der Waals surface area contributed by atoms with Gasteiger partial charge in [0.1, 0.15) is 0 Å². The standard InChI is InChI=1S/C15H22N2OS2/c1-10-8-15(9-10,13(16)19)14(18)17(3)11(2)7-12-5-4-6-20-12/h4-6,10-11H,7-9H2,1-3H3,(H2,16,19). The van der Waals surface area contributed by atoms with Crippen LogP contribution in [-0.2, 0) is 11.2 Å². The molecule has 2 rings (SSSR count). The van der Waals surface area contributed by atoms with E-state index in [1.54, 1.807) is 11.3 Å². The smallest absolute Gasteiger partial charge is 0.235 e. The highest BCUT2D eigenvalue weighted by atomic mass is 32.1. The number of nitrogens with two attached hydrogens (primary N) is 1. The van der Waals surface area contributed by atoms with Crippen LogP contribution < -0.4 is 5.73 Å². The monoisotopic (exact) mass is 310 g/mol. The molecule has 0 aromatic carbocycles. The molecule has 20 heavy (non-hydrogen) atoms. The predicted octanol–water partition coefficient (Wildman–Crippen LogP) is 2.84. The van der Waals surface area contributed by atoms with Crippen molar-refractivity contribution in [1.29, 1.82) is 0 Å². The Hall–Kier alpha value is -0.940. The average molecular weight is 310 g/mol. The molecule has 0 radical (unpaired) electrons. The first kappa shape index (κ1) is 15.4. The van der Waals surface area contributed by atoms with E-state index in [4.69, 9.17) is 18.0 Å². The molecule has 1 amide bonds. The van der Waals surface area contributed by atoms with Crippen LogP contribution in [0.1, 0.15) is 31.6 Å². The van der Waals surface area contributed by atoms with Crippen LogP contribution >= 0.6 is 23.6 Å². The summed E-state index contributed by atoms with van der Waals surface area (Å²) in [6.45, 7) is 4.21. The second kappa shape index (κ2) is 5.82. The number of thiophene rings is 1. The summed E-state index contributed by atoms with van der Waals surface area (Å²) in [7, 11) is 1.86. The zero-order valence-corrected chi connectivity index (χ0v) is 13.9. The van der Waals surface area contributed by atoms with Gasteiger partial charge in [-0.15, -0.1) is 11.3 Å². The van der Waals surface area contributed by atoms with Crippen LogP contribution in [0.5, 0.6) is 0 Å². The molecule has 0 aliphatic heterocycles. The van der Waals surface area contributed by atoms with Crippen LogP contribution in [0, 0.1) is 11.3 Å². The summed E-state index contributed by atoms with van der Waals surface area (Å²) < 4.78 is 0. The molecule has 2 N–H and O–H groups in total. The van der Waals surface area contributed by atoms with Gasteiger partial charge in [0, 0.05) is 24.4 Å². The van der Waals surface area contributed by atoms with E-state index in [1.807, 2.05) is 18.0 Å². The van der Waals surface area contributed by atoms with E-state index in [0.29, 0.717) is 10.9 Å². The Kier molecular flexibility index (Phi) is 4.49. The molecule has 1 aliphatic rings. The molecule has 3 nitrogen and oxygen atoms in total. The van der Waals surface area contributed by atoms with Crippen LogP contribution in [0.4, 0.5) is 0 Å². The Morgan fingerprint density at radius 1 is 1.65 bits per heavy atom. The van der Waals surface area contributed by atoms with Crippen molar-refractivity contribution in [2.45, 2.75) is 39.2 Å². The molecule has 1 aromatic heterocycles. The number of amides is 1. The van der Waals surface area contributed by atoms with Crippen LogP contribution in [-0.4, -0.2) is 28.9 Å². The fraction of sp³-hybridized carbons (Fsp3) is 0.600. The predicted molar refractivity (Wildman–Crippen MR) is 87.9 cm³/mol. The van der Waals surface area contributed by atoms with Crippen molar-refractivity contribution >= 4 is 34.5 Å². The van der Waals surface area contributed by atoms with Gasteiger partial charge in [-0.05, 0) is 37.1 Å². The lowest BCUT2D eigenvalue weighted by molar-refractivity contribution is -0.144. The first-order valence-corrected chi connectivity index (χ1v) is 8.25. The van der Waals surface area contributed by atoms with E-state index in [-0.39, 0.29) is 11.9 Å². The molecular formula is C15H22N2OS2. The topological polar surface area (TPSA) is 46.3 Å². The summed E-state index contributed by atoms with van der Waals surface area (Å²) in [6.07, 6.45) is 2.46. The fourth-order valence-electron chi connectivity index (χ4n) is 3.01. The summed E-state index contributed by atoms with van der Waals surface area (Å²) in [5.74, 6) is 0.619. The minimum Gasteiger partial charge on any atom is -0.392 e. The molecule has 1 atom stereocenters. The van der Waals surface area contributed by atoms with Gasteiger partial charge < -0.3 is 10.6 Å². The number of thiocarbonyl (C=S) groups is 1. The van der Waals surface area contributed by atoms with Gasteiger partial charge in [0.2, 0.25) is 5.91 Å². The summed E-state index contributed by atoms with van der Waals surface area (Å²) in [5.41, 5.74) is 5.27. The molecule has 0 spiro atoms. The Morgan fingerprint density at radius 3 is 2.75 bits per heavy atom. The number of hydrogen-bond donors (Lipinski definition) is 1. The molecule has 1 unspecified atom stereocenters. The molecule has 1 saturated carbocycles. The number of hydrogen-bond acceptors (Lipinski definition) is 3. The maximum absolute atomic E-state index is 12.8. The number of nitrogens with zero attached hydrogens (tertiary/aromatic N) is 1. The van der Waals surface area contributed by atoms with E-state index in [1.165, 1.54) is 4.88 Å². The molecule has 1 aromatic rings. The van der Waals surface area contributed by atoms with Crippen molar-refractivity contribution < 1.29 is 4.79 Å². The summed E-state index contributed by atoms with van der Waals surface area (Å²) in [5, 5.41) is 2.06. The van der Waals surface area contributed by atoms with E-state index in [9.17, 15) is 4.79 Å². The molecule has 1 aliphatic carbocycles. The maximum Gasteiger partial charge on any atom is 0.235 e. The third-order valence-electron chi connectivity index (χ3n) is 4.33. The van der Waals surface area contributed by atoms with Gasteiger partial charge in [0.15, 0.2) is 0 Å². The third-order valence-corrected chi connectivity index (χ3v) is 5.62. The summed E-state index contributed by atoms with van der Waals surface area (Å²) in [4.78, 5) is 16.2. The van der Waals surface area contributed by atoms with E-state index < -0.39 is 5.41 Å². The first-order valence-electron chi connectivity index (χ1n) is 6.96. The quantitative estimate of drug-likeness (QED) is 0.851. The van der Waals surface area contributed by atoms with Gasteiger partial charge in [-0.1, -0.05) is 25.2 Å². The zero-order valence-electron chi connectivity index (χ0n) is 12.3. The molecular weight excluding hydrogens is 288 g/mol. The molecule has 1 fully saturated rings. The van der Waals surface area contributed by atoms with Crippen molar-refractivity contribution in [2.75, 3.05) is 7.05 Å². The lowest BCUT2D eigenvalue weighted by Crippen LogP contribution is -2.57. The van der Waals surface area contributed by atoms with E-state index in [0.717, 1.165) is 19.3 Å². The van der Waals surface area contributed by atoms with E-state index in [2.05, 4.69) is 25.3 Å². The molecule has 1 heterocycles. The maximum atomic E-state index is 12.8. The van der Waals surface area contributed by atoms with Crippen molar-refractivity contribution in [3.63, 3.8) is 0 Å². The molecule has 5 heteroatoms. The van der Waals surface area contributed by atoms with E-state index >= 15 is 0 Å². The molecule has 110 valence electrons. The van der Waals surface area contributed by atoms with Gasteiger partial charge in [0.05, 0.1) is 10.4 Å². The van der Waals surface area contributed by atoms with Gasteiger partial charge in [-0.25, -0.2) is 0 Å². The van der Waals surface area contributed by atoms with Gasteiger partial charge in [0.25, 0.3) is 0 Å². The van der Waals surface area contributed by atoms with Crippen LogP contribution in [0.25, 0.3) is 0 Å². The van der Waals surface area contributed by atoms with Gasteiger partial charge in [-0.2, -0.15) is 0 Å². The van der Waals surface area contributed by atoms with Crippen molar-refractivity contribution in [3.05, 3.63) is 22.4 Å². The van der Waals surface area contributed by atoms with Gasteiger partial charge >= 0.3 is 0 Å². The Morgan fingerprint density at radius 2 is 2.30 bits per heavy atom. The van der Waals surface area contributed by atoms with Gasteiger partial charge in [-0.3, -0.25) is 4.79 Å². The first-order chi connectivity index (χ1) is 9.36. The second-order valence-corrected chi connectivity index (χ2v) is 7.48. The summed E-state index contributed by atoms with van der Waals surface area (Å²) >= 11 is 6.89. The SMILES string of the molecule is CC1CC(C(=O)N(C)C(C)Cc2cccs2)(C(N)=S)C1. The molecule has 0 saturated heterocycles.